The number of hydrogen-bond acceptors (Lipinski definition) is 14. The van der Waals surface area contributed by atoms with Gasteiger partial charge in [0.25, 0.3) is 0 Å². The first-order valence-electron chi connectivity index (χ1n) is 17.7. The molecule has 0 unspecified atom stereocenters. The van der Waals surface area contributed by atoms with Crippen molar-refractivity contribution in [2.24, 2.45) is 0 Å². The molecule has 0 aliphatic carbocycles. The number of morpholine rings is 2. The molecule has 0 radical (unpaired) electrons. The number of hydrogen-bond donors (Lipinski definition) is 2. The molecule has 0 spiro atoms. The zero-order valence-electron chi connectivity index (χ0n) is 29.7. The van der Waals surface area contributed by atoms with Crippen LogP contribution in [-0.4, -0.2) is 118 Å². The smallest absolute Gasteiger partial charge is 0.223 e. The number of nitrogens with one attached hydrogen (secondary N) is 2. The molecule has 2 aromatic heterocycles. The molecule has 14 heteroatoms. The fourth-order valence-electron chi connectivity index (χ4n) is 6.87. The molecule has 6 heterocycles. The van der Waals surface area contributed by atoms with Gasteiger partial charge in [0.15, 0.2) is 12.4 Å². The average molecular weight is 701 g/mol. The Kier molecular flexibility index (Phi) is 11.0. The van der Waals surface area contributed by atoms with E-state index < -0.39 is 0 Å². The first kappa shape index (κ1) is 35.0. The number of fused-ring (bicyclic) bond motifs is 2. The van der Waals surface area contributed by atoms with E-state index in [9.17, 15) is 10.5 Å². The molecular weight excluding hydrogens is 656 g/mol. The van der Waals surface area contributed by atoms with Gasteiger partial charge in [-0.2, -0.15) is 10.5 Å². The van der Waals surface area contributed by atoms with Gasteiger partial charge in [-0.1, -0.05) is 60.7 Å². The van der Waals surface area contributed by atoms with E-state index in [1.165, 1.54) is 0 Å². The molecule has 268 valence electrons. The molecule has 8 rings (SSSR count). The third-order valence-corrected chi connectivity index (χ3v) is 9.60. The number of rotatable bonds is 8. The van der Waals surface area contributed by atoms with Gasteiger partial charge in [-0.25, -0.2) is 19.9 Å². The van der Waals surface area contributed by atoms with Gasteiger partial charge in [0, 0.05) is 61.5 Å². The van der Waals surface area contributed by atoms with Gasteiger partial charge in [-0.15, -0.1) is 0 Å². The van der Waals surface area contributed by atoms with E-state index in [2.05, 4.69) is 56.9 Å². The molecule has 0 saturated carbocycles. The van der Waals surface area contributed by atoms with Gasteiger partial charge >= 0.3 is 0 Å². The minimum absolute atomic E-state index is 0.126. The number of anilines is 2. The molecule has 2 atom stereocenters. The van der Waals surface area contributed by atoms with Crippen LogP contribution in [0.4, 0.5) is 11.9 Å². The van der Waals surface area contributed by atoms with Crippen LogP contribution in [0.25, 0.3) is 22.5 Å². The van der Waals surface area contributed by atoms with Crippen molar-refractivity contribution in [3.63, 3.8) is 0 Å². The van der Waals surface area contributed by atoms with E-state index in [0.29, 0.717) is 51.2 Å². The highest BCUT2D eigenvalue weighted by Crippen LogP contribution is 2.32. The summed E-state index contributed by atoms with van der Waals surface area (Å²) in [5, 5.41) is 25.2. The van der Waals surface area contributed by atoms with E-state index in [0.717, 1.165) is 84.4 Å². The van der Waals surface area contributed by atoms with Crippen molar-refractivity contribution >= 4 is 11.9 Å². The Morgan fingerprint density at radius 3 is 1.44 bits per heavy atom. The summed E-state index contributed by atoms with van der Waals surface area (Å²) in [4.78, 5) is 26.8. The first-order chi connectivity index (χ1) is 25.4. The average Bonchev–Trinajstić information content (AvgIpc) is 3.81. The lowest BCUT2D eigenvalue weighted by Gasteiger charge is -2.30. The van der Waals surface area contributed by atoms with E-state index in [4.69, 9.17) is 19.4 Å². The van der Waals surface area contributed by atoms with Crippen LogP contribution in [0, 0.1) is 22.9 Å². The van der Waals surface area contributed by atoms with Gasteiger partial charge in [0.1, 0.15) is 0 Å². The Balaban J connectivity index is 0.000000162. The van der Waals surface area contributed by atoms with E-state index in [1.807, 2.05) is 60.7 Å². The van der Waals surface area contributed by atoms with Crippen LogP contribution in [0.3, 0.4) is 0 Å². The molecule has 0 bridgehead atoms. The molecule has 2 fully saturated rings. The Morgan fingerprint density at radius 2 is 1.06 bits per heavy atom. The molecular formula is C38H44N12O2. The molecule has 4 aromatic rings. The Hall–Kier alpha value is -5.38. The lowest BCUT2D eigenvalue weighted by Crippen LogP contribution is -2.43. The third-order valence-electron chi connectivity index (χ3n) is 9.60. The fourth-order valence-corrected chi connectivity index (χ4v) is 6.87. The summed E-state index contributed by atoms with van der Waals surface area (Å²) >= 11 is 0. The Labute approximate surface area is 304 Å². The fraction of sp³-hybridized carbons (Fsp3) is 0.421. The maximum absolute atomic E-state index is 9.26. The van der Waals surface area contributed by atoms with Crippen molar-refractivity contribution in [2.45, 2.75) is 38.4 Å². The number of aromatic nitrogens is 4. The SMILES string of the molecule is CN1CCO[C@@H](CNc2nc3c(c(-c4ccccc4)n2)CN(C#N)C3)C1.CN1CCO[C@H](CNc2nc3c(c(-c4ccccc4)n2)CN(C#N)C3)C1. The lowest BCUT2D eigenvalue weighted by atomic mass is 10.1. The molecule has 4 aliphatic heterocycles. The largest absolute Gasteiger partial charge is 0.374 e. The van der Waals surface area contributed by atoms with Gasteiger partial charge in [-0.3, -0.25) is 0 Å². The van der Waals surface area contributed by atoms with Gasteiger partial charge in [0.2, 0.25) is 11.9 Å². The van der Waals surface area contributed by atoms with E-state index in [-0.39, 0.29) is 12.2 Å². The van der Waals surface area contributed by atoms with Crippen LogP contribution in [0.5, 0.6) is 0 Å². The van der Waals surface area contributed by atoms with Crippen molar-refractivity contribution < 1.29 is 9.47 Å². The number of nitrogens with zero attached hydrogens (tertiary/aromatic N) is 10. The summed E-state index contributed by atoms with van der Waals surface area (Å²) < 4.78 is 11.6. The third kappa shape index (κ3) is 8.39. The van der Waals surface area contributed by atoms with Crippen LogP contribution in [0.2, 0.25) is 0 Å². The second kappa shape index (κ2) is 16.3. The number of nitriles is 2. The van der Waals surface area contributed by atoms with Gasteiger partial charge in [-0.05, 0) is 14.1 Å². The van der Waals surface area contributed by atoms with Crippen molar-refractivity contribution in [3.8, 4) is 34.9 Å². The van der Waals surface area contributed by atoms with Crippen molar-refractivity contribution in [3.05, 3.63) is 83.2 Å². The van der Waals surface area contributed by atoms with Crippen LogP contribution in [0.15, 0.2) is 60.7 Å². The summed E-state index contributed by atoms with van der Waals surface area (Å²) in [6.07, 6.45) is 4.69. The zero-order chi connectivity index (χ0) is 35.9. The summed E-state index contributed by atoms with van der Waals surface area (Å²) in [7, 11) is 4.21. The van der Waals surface area contributed by atoms with Crippen LogP contribution < -0.4 is 10.6 Å². The minimum atomic E-state index is 0.126. The number of benzene rings is 2. The predicted octanol–water partition coefficient (Wildman–Crippen LogP) is 3.37. The predicted molar refractivity (Wildman–Crippen MR) is 196 cm³/mol. The van der Waals surface area contributed by atoms with Crippen LogP contribution >= 0.6 is 0 Å². The molecule has 4 aliphatic rings. The Morgan fingerprint density at radius 1 is 0.635 bits per heavy atom. The normalized spacial score (nSPS) is 19.8. The van der Waals surface area contributed by atoms with Crippen molar-refractivity contribution in [1.29, 1.82) is 10.5 Å². The molecule has 0 amide bonds. The molecule has 2 N–H and O–H groups in total. The van der Waals surface area contributed by atoms with Crippen molar-refractivity contribution in [1.82, 2.24) is 39.5 Å². The first-order valence-corrected chi connectivity index (χ1v) is 17.7. The zero-order valence-corrected chi connectivity index (χ0v) is 29.7. The van der Waals surface area contributed by atoms with Crippen LogP contribution in [-0.2, 0) is 35.7 Å². The standard InChI is InChI=1S/2C19H22N6O/c2*1-24-7-8-26-15(10-24)9-21-19-22-17-12-25(13-20)11-16(17)18(23-19)14-5-3-2-4-6-14/h2*2-6,15H,7-12H2,1H3,(H,21,22,23)/t2*15-/m10/s1. The lowest BCUT2D eigenvalue weighted by molar-refractivity contribution is -0.0119. The summed E-state index contributed by atoms with van der Waals surface area (Å²) in [6, 6.07) is 20.1. The summed E-state index contributed by atoms with van der Waals surface area (Å²) in [5.74, 6) is 1.19. The molecule has 2 aromatic carbocycles. The van der Waals surface area contributed by atoms with Crippen LogP contribution in [0.1, 0.15) is 22.5 Å². The number of likely N-dealkylation sites (N-methyl/N-ethyl adjacent to an activating group) is 2. The number of ether oxygens (including phenoxy) is 2. The molecule has 14 nitrogen and oxygen atoms in total. The maximum atomic E-state index is 9.26. The highest BCUT2D eigenvalue weighted by Gasteiger charge is 2.27. The monoisotopic (exact) mass is 700 g/mol. The van der Waals surface area contributed by atoms with E-state index in [1.54, 1.807) is 9.80 Å². The molecule has 2 saturated heterocycles. The van der Waals surface area contributed by atoms with E-state index >= 15 is 0 Å². The highest BCUT2D eigenvalue weighted by atomic mass is 16.5. The van der Waals surface area contributed by atoms with Crippen molar-refractivity contribution in [2.75, 3.05) is 77.2 Å². The minimum Gasteiger partial charge on any atom is -0.374 e. The highest BCUT2D eigenvalue weighted by molar-refractivity contribution is 5.67. The van der Waals surface area contributed by atoms with Gasteiger partial charge in [0.05, 0.1) is 74.4 Å². The Bertz CT molecular complexity index is 1780. The topological polar surface area (TPSA) is 155 Å². The second-order valence-electron chi connectivity index (χ2n) is 13.6. The maximum Gasteiger partial charge on any atom is 0.223 e. The van der Waals surface area contributed by atoms with Gasteiger partial charge < -0.3 is 39.7 Å². The summed E-state index contributed by atoms with van der Waals surface area (Å²) in [6.45, 7) is 8.75. The summed E-state index contributed by atoms with van der Waals surface area (Å²) in [5.41, 5.74) is 7.81. The molecule has 52 heavy (non-hydrogen) atoms. The quantitative estimate of drug-likeness (QED) is 0.258. The second-order valence-corrected chi connectivity index (χ2v) is 13.6.